The highest BCUT2D eigenvalue weighted by Gasteiger charge is 2.46. The Kier molecular flexibility index (Phi) is 6.17. The molecule has 0 aromatic carbocycles. The average Bonchev–Trinajstić information content (AvgIpc) is 2.69. The van der Waals surface area contributed by atoms with Gasteiger partial charge in [0.25, 0.3) is 0 Å². The van der Waals surface area contributed by atoms with Crippen molar-refractivity contribution in [3.8, 4) is 0 Å². The van der Waals surface area contributed by atoms with Gasteiger partial charge >= 0.3 is 0 Å². The van der Waals surface area contributed by atoms with E-state index in [1.165, 1.54) is 6.42 Å². The molecule has 5 heteroatoms. The van der Waals surface area contributed by atoms with Crippen LogP contribution in [0.15, 0.2) is 4.99 Å². The van der Waals surface area contributed by atoms with Gasteiger partial charge in [0.05, 0.1) is 6.61 Å². The Bertz CT molecular complexity index is 288. The van der Waals surface area contributed by atoms with Crippen molar-refractivity contribution in [2.24, 2.45) is 16.3 Å². The van der Waals surface area contributed by atoms with Gasteiger partial charge in [-0.05, 0) is 25.2 Å². The zero-order valence-electron chi connectivity index (χ0n) is 11.7. The highest BCUT2D eigenvalue weighted by Crippen LogP contribution is 2.44. The molecule has 0 aromatic rings. The van der Waals surface area contributed by atoms with Crippen molar-refractivity contribution in [1.82, 2.24) is 10.6 Å². The number of halogens is 1. The molecular formula is C13H26IN3O. The number of nitrogens with one attached hydrogen (secondary N) is 2. The first kappa shape index (κ1) is 16.0. The van der Waals surface area contributed by atoms with Crippen molar-refractivity contribution in [3.05, 3.63) is 0 Å². The lowest BCUT2D eigenvalue weighted by molar-refractivity contribution is 0.187. The van der Waals surface area contributed by atoms with Crippen molar-refractivity contribution in [2.45, 2.75) is 39.7 Å². The van der Waals surface area contributed by atoms with Crippen molar-refractivity contribution in [3.63, 3.8) is 0 Å². The fourth-order valence-electron chi connectivity index (χ4n) is 2.15. The first-order chi connectivity index (χ1) is 8.12. The van der Waals surface area contributed by atoms with Crippen LogP contribution in [0.3, 0.4) is 0 Å². The second-order valence-corrected chi connectivity index (χ2v) is 5.84. The fourth-order valence-corrected chi connectivity index (χ4v) is 2.15. The minimum absolute atomic E-state index is 0. The summed E-state index contributed by atoms with van der Waals surface area (Å²) in [6, 6.07) is 0.583. The molecule has 0 spiro atoms. The Labute approximate surface area is 127 Å². The molecule has 0 amide bonds. The summed E-state index contributed by atoms with van der Waals surface area (Å²) in [5, 5.41) is 6.82. The lowest BCUT2D eigenvalue weighted by atomic mass is 10.1. The van der Waals surface area contributed by atoms with Crippen LogP contribution < -0.4 is 10.6 Å². The van der Waals surface area contributed by atoms with E-state index < -0.39 is 0 Å². The standard InChI is InChI=1S/C13H25N3O.HI/c1-4-14-12(16-11-7-13(11,2)3)15-8-10-5-6-17-9-10;/h10-11H,4-9H2,1-3H3,(H2,14,15,16);1H. The third kappa shape index (κ3) is 4.57. The van der Waals surface area contributed by atoms with Crippen LogP contribution in [0.25, 0.3) is 0 Å². The summed E-state index contributed by atoms with van der Waals surface area (Å²) >= 11 is 0. The van der Waals surface area contributed by atoms with Gasteiger partial charge in [0, 0.05) is 31.7 Å². The van der Waals surface area contributed by atoms with Crippen LogP contribution in [-0.4, -0.2) is 38.3 Å². The molecule has 2 rings (SSSR count). The SMILES string of the molecule is CCNC(=NCC1CCOC1)NC1CC1(C)C.I. The lowest BCUT2D eigenvalue weighted by Gasteiger charge is -2.13. The molecule has 1 saturated heterocycles. The van der Waals surface area contributed by atoms with Crippen LogP contribution in [-0.2, 0) is 4.74 Å². The van der Waals surface area contributed by atoms with E-state index in [9.17, 15) is 0 Å². The minimum Gasteiger partial charge on any atom is -0.381 e. The summed E-state index contributed by atoms with van der Waals surface area (Å²) in [7, 11) is 0. The summed E-state index contributed by atoms with van der Waals surface area (Å²) in [6.45, 7) is 10.3. The highest BCUT2D eigenvalue weighted by molar-refractivity contribution is 14.0. The molecular weight excluding hydrogens is 341 g/mol. The van der Waals surface area contributed by atoms with Gasteiger partial charge in [0.2, 0.25) is 0 Å². The zero-order chi connectivity index (χ0) is 12.3. The second-order valence-electron chi connectivity index (χ2n) is 5.84. The Hall–Kier alpha value is -0.0400. The number of aliphatic imine (C=N–C) groups is 1. The van der Waals surface area contributed by atoms with Crippen LogP contribution in [0, 0.1) is 11.3 Å². The van der Waals surface area contributed by atoms with Gasteiger partial charge in [-0.1, -0.05) is 13.8 Å². The molecule has 1 aliphatic carbocycles. The minimum atomic E-state index is 0. The molecule has 18 heavy (non-hydrogen) atoms. The molecule has 2 N–H and O–H groups in total. The maximum Gasteiger partial charge on any atom is 0.191 e. The number of hydrogen-bond acceptors (Lipinski definition) is 2. The summed E-state index contributed by atoms with van der Waals surface area (Å²) in [4.78, 5) is 4.66. The van der Waals surface area contributed by atoms with E-state index in [4.69, 9.17) is 4.74 Å². The van der Waals surface area contributed by atoms with Gasteiger partial charge in [0.15, 0.2) is 5.96 Å². The number of rotatable bonds is 4. The van der Waals surface area contributed by atoms with Gasteiger partial charge in [-0.3, -0.25) is 4.99 Å². The van der Waals surface area contributed by atoms with Gasteiger partial charge in [-0.15, -0.1) is 24.0 Å². The van der Waals surface area contributed by atoms with Crippen LogP contribution in [0.2, 0.25) is 0 Å². The number of hydrogen-bond donors (Lipinski definition) is 2. The van der Waals surface area contributed by atoms with E-state index in [2.05, 4.69) is 36.4 Å². The summed E-state index contributed by atoms with van der Waals surface area (Å²) in [6.07, 6.45) is 2.39. The molecule has 2 fully saturated rings. The van der Waals surface area contributed by atoms with E-state index in [-0.39, 0.29) is 24.0 Å². The fraction of sp³-hybridized carbons (Fsp3) is 0.923. The molecule has 0 aromatic heterocycles. The van der Waals surface area contributed by atoms with Crippen molar-refractivity contribution in [2.75, 3.05) is 26.3 Å². The zero-order valence-corrected chi connectivity index (χ0v) is 14.0. The topological polar surface area (TPSA) is 45.7 Å². The molecule has 4 nitrogen and oxygen atoms in total. The molecule has 1 aliphatic heterocycles. The summed E-state index contributed by atoms with van der Waals surface area (Å²) < 4.78 is 5.37. The Morgan fingerprint density at radius 3 is 2.67 bits per heavy atom. The molecule has 106 valence electrons. The molecule has 1 saturated carbocycles. The van der Waals surface area contributed by atoms with Crippen LogP contribution in [0.1, 0.15) is 33.6 Å². The third-order valence-electron chi connectivity index (χ3n) is 3.70. The average molecular weight is 367 g/mol. The van der Waals surface area contributed by atoms with Gasteiger partial charge in [-0.2, -0.15) is 0 Å². The largest absolute Gasteiger partial charge is 0.381 e. The van der Waals surface area contributed by atoms with Crippen molar-refractivity contribution < 1.29 is 4.74 Å². The lowest BCUT2D eigenvalue weighted by Crippen LogP contribution is -2.40. The second kappa shape index (κ2) is 6.93. The van der Waals surface area contributed by atoms with Crippen LogP contribution >= 0.6 is 24.0 Å². The smallest absolute Gasteiger partial charge is 0.191 e. The third-order valence-corrected chi connectivity index (χ3v) is 3.70. The highest BCUT2D eigenvalue weighted by atomic mass is 127. The molecule has 0 radical (unpaired) electrons. The molecule has 1 heterocycles. The van der Waals surface area contributed by atoms with Gasteiger partial charge in [0.1, 0.15) is 0 Å². The summed E-state index contributed by atoms with van der Waals surface area (Å²) in [5.74, 6) is 1.58. The molecule has 2 atom stereocenters. The first-order valence-electron chi connectivity index (χ1n) is 6.74. The monoisotopic (exact) mass is 367 g/mol. The Balaban J connectivity index is 0.00000162. The van der Waals surface area contributed by atoms with Crippen molar-refractivity contribution in [1.29, 1.82) is 0 Å². The van der Waals surface area contributed by atoms with Crippen LogP contribution in [0.4, 0.5) is 0 Å². The predicted molar refractivity (Wildman–Crippen MR) is 85.6 cm³/mol. The van der Waals surface area contributed by atoms with E-state index in [1.807, 2.05) is 0 Å². The molecule has 0 bridgehead atoms. The van der Waals surface area contributed by atoms with E-state index >= 15 is 0 Å². The van der Waals surface area contributed by atoms with Gasteiger partial charge < -0.3 is 15.4 Å². The predicted octanol–water partition coefficient (Wildman–Crippen LogP) is 1.99. The Morgan fingerprint density at radius 2 is 2.17 bits per heavy atom. The Morgan fingerprint density at radius 1 is 1.44 bits per heavy atom. The van der Waals surface area contributed by atoms with E-state index in [0.717, 1.165) is 38.7 Å². The number of ether oxygens (including phenoxy) is 1. The number of guanidine groups is 1. The maximum atomic E-state index is 5.37. The van der Waals surface area contributed by atoms with Gasteiger partial charge in [-0.25, -0.2) is 0 Å². The number of nitrogens with zero attached hydrogens (tertiary/aromatic N) is 1. The normalized spacial score (nSPS) is 29.6. The van der Waals surface area contributed by atoms with Crippen LogP contribution in [0.5, 0.6) is 0 Å². The quantitative estimate of drug-likeness (QED) is 0.454. The van der Waals surface area contributed by atoms with E-state index in [1.54, 1.807) is 0 Å². The maximum absolute atomic E-state index is 5.37. The first-order valence-corrected chi connectivity index (χ1v) is 6.74. The summed E-state index contributed by atoms with van der Waals surface area (Å²) in [5.41, 5.74) is 0.437. The molecule has 2 aliphatic rings. The van der Waals surface area contributed by atoms with E-state index in [0.29, 0.717) is 17.4 Å². The van der Waals surface area contributed by atoms with Crippen molar-refractivity contribution >= 4 is 29.9 Å². The molecule has 2 unspecified atom stereocenters.